The maximum Gasteiger partial charge on any atom is 0.407 e. The number of nitrogens with zero attached hydrogens (tertiary/aromatic N) is 1. The average molecular weight is 332 g/mol. The Morgan fingerprint density at radius 3 is 2.62 bits per heavy atom. The number of nitrogens with one attached hydrogen (secondary N) is 2. The van der Waals surface area contributed by atoms with Gasteiger partial charge in [-0.1, -0.05) is 36.4 Å². The van der Waals surface area contributed by atoms with Crippen LogP contribution < -0.4 is 16.6 Å². The van der Waals surface area contributed by atoms with Gasteiger partial charge in [0.1, 0.15) is 24.6 Å². The number of carbonyl (C=O) groups is 1. The summed E-state index contributed by atoms with van der Waals surface area (Å²) in [5.74, 6) is 5.60. The Morgan fingerprint density at radius 2 is 1.92 bits per heavy atom. The fourth-order valence-corrected chi connectivity index (χ4v) is 1.97. The number of hydrogen-bond donors (Lipinski definition) is 5. The number of aliphatic hydroxyl groups is 2. The summed E-state index contributed by atoms with van der Waals surface area (Å²) in [5, 5.41) is 22.4. The van der Waals surface area contributed by atoms with Gasteiger partial charge in [0.2, 0.25) is 0 Å². The highest BCUT2D eigenvalue weighted by molar-refractivity contribution is 5.67. The van der Waals surface area contributed by atoms with Crippen LogP contribution >= 0.6 is 0 Å². The minimum absolute atomic E-state index is 0.122. The number of nitrogens with two attached hydrogens (primary N) is 1. The molecule has 24 heavy (non-hydrogen) atoms. The second-order valence-electron chi connectivity index (χ2n) is 5.05. The van der Waals surface area contributed by atoms with E-state index in [2.05, 4.69) is 15.7 Å². The van der Waals surface area contributed by atoms with Crippen LogP contribution in [0.1, 0.15) is 17.4 Å². The Morgan fingerprint density at radius 1 is 1.17 bits per heavy atom. The Balaban J connectivity index is 1.79. The number of benzene rings is 1. The zero-order valence-electron chi connectivity index (χ0n) is 12.9. The first kappa shape index (κ1) is 17.7. The molecule has 2 unspecified atom stereocenters. The summed E-state index contributed by atoms with van der Waals surface area (Å²) in [6.45, 7) is -0.0617. The maximum absolute atomic E-state index is 11.6. The van der Waals surface area contributed by atoms with Gasteiger partial charge in [-0.25, -0.2) is 15.6 Å². The van der Waals surface area contributed by atoms with Crippen LogP contribution in [0.4, 0.5) is 10.6 Å². The minimum Gasteiger partial charge on any atom is -0.445 e. The molecule has 2 rings (SSSR count). The first-order valence-electron chi connectivity index (χ1n) is 7.34. The van der Waals surface area contributed by atoms with Crippen molar-refractivity contribution in [1.29, 1.82) is 0 Å². The van der Waals surface area contributed by atoms with Gasteiger partial charge in [-0.05, 0) is 17.7 Å². The van der Waals surface area contributed by atoms with E-state index in [4.69, 9.17) is 10.6 Å². The largest absolute Gasteiger partial charge is 0.445 e. The third kappa shape index (κ3) is 5.20. The lowest BCUT2D eigenvalue weighted by atomic mass is 10.1. The van der Waals surface area contributed by atoms with Crippen molar-refractivity contribution in [3.8, 4) is 0 Å². The van der Waals surface area contributed by atoms with Crippen LogP contribution in [0.3, 0.4) is 0 Å². The molecule has 0 saturated carbocycles. The monoisotopic (exact) mass is 332 g/mol. The SMILES string of the molecule is NNc1cccc(C(O)C(O)CNC(=O)OCc2ccccc2)n1. The highest BCUT2D eigenvalue weighted by Crippen LogP contribution is 2.16. The third-order valence-corrected chi connectivity index (χ3v) is 3.25. The number of aliphatic hydroxyl groups excluding tert-OH is 2. The number of anilines is 1. The molecule has 0 bridgehead atoms. The molecule has 0 aliphatic rings. The Kier molecular flexibility index (Phi) is 6.50. The molecule has 0 aliphatic heterocycles. The molecule has 2 aromatic rings. The normalized spacial score (nSPS) is 13.0. The van der Waals surface area contributed by atoms with Gasteiger partial charge >= 0.3 is 6.09 Å². The smallest absolute Gasteiger partial charge is 0.407 e. The predicted octanol–water partition coefficient (Wildman–Crippen LogP) is 0.688. The van der Waals surface area contributed by atoms with E-state index in [1.54, 1.807) is 18.2 Å². The molecule has 0 saturated heterocycles. The zero-order chi connectivity index (χ0) is 17.4. The van der Waals surface area contributed by atoms with Gasteiger partial charge < -0.3 is 25.7 Å². The van der Waals surface area contributed by atoms with E-state index in [9.17, 15) is 15.0 Å². The maximum atomic E-state index is 11.6. The molecule has 0 spiro atoms. The van der Waals surface area contributed by atoms with Crippen molar-refractivity contribution in [3.63, 3.8) is 0 Å². The first-order valence-corrected chi connectivity index (χ1v) is 7.34. The number of nitrogen functional groups attached to an aromatic ring is 1. The van der Waals surface area contributed by atoms with Crippen LogP contribution in [-0.4, -0.2) is 33.9 Å². The number of rotatable bonds is 7. The predicted molar refractivity (Wildman–Crippen MR) is 87.6 cm³/mol. The molecule has 1 amide bonds. The summed E-state index contributed by atoms with van der Waals surface area (Å²) in [4.78, 5) is 15.6. The molecule has 8 heteroatoms. The van der Waals surface area contributed by atoms with Crippen LogP contribution in [0.15, 0.2) is 48.5 Å². The van der Waals surface area contributed by atoms with E-state index in [-0.39, 0.29) is 18.8 Å². The number of pyridine rings is 1. The number of carbonyl (C=O) groups excluding carboxylic acids is 1. The van der Waals surface area contributed by atoms with Crippen molar-refractivity contribution in [2.75, 3.05) is 12.0 Å². The Hall–Kier alpha value is -2.68. The molecule has 8 nitrogen and oxygen atoms in total. The molecule has 1 aromatic carbocycles. The van der Waals surface area contributed by atoms with E-state index in [0.717, 1.165) is 5.56 Å². The van der Waals surface area contributed by atoms with Gasteiger partial charge in [0.15, 0.2) is 0 Å². The lowest BCUT2D eigenvalue weighted by molar-refractivity contribution is 0.0160. The fraction of sp³-hybridized carbons (Fsp3) is 0.250. The summed E-state index contributed by atoms with van der Waals surface area (Å²) in [7, 11) is 0. The second-order valence-corrected chi connectivity index (χ2v) is 5.05. The Labute approximate surface area is 139 Å². The molecule has 1 aromatic heterocycles. The Bertz CT molecular complexity index is 654. The zero-order valence-corrected chi connectivity index (χ0v) is 12.9. The van der Waals surface area contributed by atoms with Crippen LogP contribution in [0.25, 0.3) is 0 Å². The van der Waals surface area contributed by atoms with Crippen LogP contribution in [0.2, 0.25) is 0 Å². The van der Waals surface area contributed by atoms with Crippen molar-refractivity contribution in [2.45, 2.75) is 18.8 Å². The topological polar surface area (TPSA) is 130 Å². The molecule has 128 valence electrons. The summed E-state index contributed by atoms with van der Waals surface area (Å²) < 4.78 is 5.02. The summed E-state index contributed by atoms with van der Waals surface area (Å²) in [5.41, 5.74) is 3.43. The fourth-order valence-electron chi connectivity index (χ4n) is 1.97. The minimum atomic E-state index is -1.27. The van der Waals surface area contributed by atoms with Gasteiger partial charge in [-0.3, -0.25) is 0 Å². The molecule has 6 N–H and O–H groups in total. The second kappa shape index (κ2) is 8.82. The van der Waals surface area contributed by atoms with Gasteiger partial charge in [-0.2, -0.15) is 0 Å². The molecule has 1 heterocycles. The number of hydrazine groups is 1. The van der Waals surface area contributed by atoms with Crippen molar-refractivity contribution in [3.05, 3.63) is 59.8 Å². The molecular formula is C16H20N4O4. The van der Waals surface area contributed by atoms with Crippen molar-refractivity contribution >= 4 is 11.9 Å². The van der Waals surface area contributed by atoms with Crippen molar-refractivity contribution in [1.82, 2.24) is 10.3 Å². The third-order valence-electron chi connectivity index (χ3n) is 3.25. The summed E-state index contributed by atoms with van der Waals surface area (Å²) in [6, 6.07) is 14.0. The number of alkyl carbamates (subject to hydrolysis) is 1. The van der Waals surface area contributed by atoms with Gasteiger partial charge in [0.05, 0.1) is 5.69 Å². The van der Waals surface area contributed by atoms with Gasteiger partial charge in [-0.15, -0.1) is 0 Å². The van der Waals surface area contributed by atoms with Gasteiger partial charge in [0.25, 0.3) is 0 Å². The molecule has 0 fully saturated rings. The average Bonchev–Trinajstić information content (AvgIpc) is 2.64. The number of aromatic nitrogens is 1. The molecule has 0 aliphatic carbocycles. The van der Waals surface area contributed by atoms with E-state index >= 15 is 0 Å². The van der Waals surface area contributed by atoms with E-state index in [1.165, 1.54) is 0 Å². The van der Waals surface area contributed by atoms with Gasteiger partial charge in [0, 0.05) is 6.54 Å². The molecule has 0 radical (unpaired) electrons. The van der Waals surface area contributed by atoms with E-state index < -0.39 is 18.3 Å². The number of ether oxygens (including phenoxy) is 1. The summed E-state index contributed by atoms with van der Waals surface area (Å²) >= 11 is 0. The van der Waals surface area contributed by atoms with Crippen molar-refractivity contribution < 1.29 is 19.7 Å². The van der Waals surface area contributed by atoms with E-state index in [0.29, 0.717) is 5.82 Å². The first-order chi connectivity index (χ1) is 11.6. The van der Waals surface area contributed by atoms with Crippen LogP contribution in [-0.2, 0) is 11.3 Å². The molecule has 2 atom stereocenters. The standard InChI is InChI=1S/C16H20N4O4/c17-20-14-8-4-7-12(19-14)15(22)13(21)9-18-16(23)24-10-11-5-2-1-3-6-11/h1-8,13,15,21-22H,9-10,17H2,(H,18,23)(H,19,20). The quantitative estimate of drug-likeness (QED) is 0.372. The van der Waals surface area contributed by atoms with Crippen molar-refractivity contribution in [2.24, 2.45) is 5.84 Å². The van der Waals surface area contributed by atoms with E-state index in [1.807, 2.05) is 30.3 Å². The van der Waals surface area contributed by atoms with Crippen LogP contribution in [0, 0.1) is 0 Å². The lowest BCUT2D eigenvalue weighted by Gasteiger charge is -2.18. The lowest BCUT2D eigenvalue weighted by Crippen LogP contribution is -2.36. The number of hydrogen-bond acceptors (Lipinski definition) is 7. The number of amides is 1. The molecular weight excluding hydrogens is 312 g/mol. The highest BCUT2D eigenvalue weighted by Gasteiger charge is 2.20. The van der Waals surface area contributed by atoms with Crippen LogP contribution in [0.5, 0.6) is 0 Å². The summed E-state index contributed by atoms with van der Waals surface area (Å²) in [6.07, 6.45) is -3.20. The highest BCUT2D eigenvalue weighted by atomic mass is 16.5.